The number of carbonyl (C=O) groups excluding carboxylic acids is 1. The fourth-order valence-corrected chi connectivity index (χ4v) is 5.49. The van der Waals surface area contributed by atoms with E-state index in [4.69, 9.17) is 34.1 Å². The summed E-state index contributed by atoms with van der Waals surface area (Å²) in [5, 5.41) is 5.29. The van der Waals surface area contributed by atoms with Crippen LogP contribution < -0.4 is 15.8 Å². The number of imidazole rings is 1. The maximum atomic E-state index is 13.9. The van der Waals surface area contributed by atoms with Gasteiger partial charge >= 0.3 is 0 Å². The number of hydrogen-bond acceptors (Lipinski definition) is 8. The van der Waals surface area contributed by atoms with Gasteiger partial charge in [-0.25, -0.2) is 38.4 Å². The molecule has 0 saturated carbocycles. The molecule has 0 unspecified atom stereocenters. The number of primary sulfonamides is 1. The van der Waals surface area contributed by atoms with Gasteiger partial charge in [0.15, 0.2) is 5.03 Å². The van der Waals surface area contributed by atoms with Crippen molar-refractivity contribution in [3.05, 3.63) is 71.0 Å². The average molecular weight is 545 g/mol. The van der Waals surface area contributed by atoms with Crippen LogP contribution in [0.5, 0.6) is 0 Å². The lowest BCUT2D eigenvalue weighted by molar-refractivity contribution is -0.124. The Kier molecular flexibility index (Phi) is 5.71. The van der Waals surface area contributed by atoms with Gasteiger partial charge in [-0.1, -0.05) is 47.5 Å². The van der Waals surface area contributed by atoms with Gasteiger partial charge in [0.2, 0.25) is 5.95 Å². The summed E-state index contributed by atoms with van der Waals surface area (Å²) in [6, 6.07) is 10.2. The molecule has 184 valence electrons. The Hall–Kier alpha value is -3.58. The molecule has 0 spiro atoms. The first-order chi connectivity index (χ1) is 17.0. The summed E-state index contributed by atoms with van der Waals surface area (Å²) in [5.74, 6) is -0.0452. The van der Waals surface area contributed by atoms with Crippen LogP contribution >= 0.6 is 23.2 Å². The molecule has 11 nitrogen and oxygen atoms in total. The van der Waals surface area contributed by atoms with E-state index in [0.29, 0.717) is 11.4 Å². The Morgan fingerprint density at radius 2 is 1.72 bits per heavy atom. The number of anilines is 3. The third-order valence-electron chi connectivity index (χ3n) is 5.92. The van der Waals surface area contributed by atoms with E-state index in [0.717, 1.165) is 17.3 Å². The second kappa shape index (κ2) is 8.52. The normalized spacial score (nSPS) is 17.4. The molecule has 3 aromatic heterocycles. The van der Waals surface area contributed by atoms with Gasteiger partial charge in [-0.3, -0.25) is 9.36 Å². The van der Waals surface area contributed by atoms with Crippen molar-refractivity contribution in [3.63, 3.8) is 0 Å². The summed E-state index contributed by atoms with van der Waals surface area (Å²) < 4.78 is 26.1. The molecule has 36 heavy (non-hydrogen) atoms. The molecule has 1 atom stereocenters. The molecular formula is C22H18Cl2N8O3S. The van der Waals surface area contributed by atoms with Crippen LogP contribution in [-0.4, -0.2) is 38.8 Å². The van der Waals surface area contributed by atoms with Gasteiger partial charge in [0.05, 0.1) is 11.9 Å². The topological polar surface area (TPSA) is 163 Å². The summed E-state index contributed by atoms with van der Waals surface area (Å²) in [7, 11) is -4.21. The zero-order chi connectivity index (χ0) is 25.8. The van der Waals surface area contributed by atoms with Gasteiger partial charge in [-0.2, -0.15) is 0 Å². The number of carbonyl (C=O) groups is 1. The van der Waals surface area contributed by atoms with Crippen LogP contribution in [0.25, 0.3) is 11.1 Å². The van der Waals surface area contributed by atoms with E-state index >= 15 is 0 Å². The van der Waals surface area contributed by atoms with Crippen molar-refractivity contribution in [2.75, 3.05) is 10.6 Å². The quantitative estimate of drug-likeness (QED) is 0.362. The molecule has 0 radical (unpaired) electrons. The third-order valence-corrected chi connectivity index (χ3v) is 7.18. The van der Waals surface area contributed by atoms with Crippen molar-refractivity contribution in [1.29, 1.82) is 0 Å². The molecule has 1 amide bonds. The van der Waals surface area contributed by atoms with Crippen molar-refractivity contribution >= 4 is 56.6 Å². The number of benzene rings is 1. The molecule has 0 saturated heterocycles. The molecule has 5 rings (SSSR count). The minimum atomic E-state index is -4.21. The second-order valence-electron chi connectivity index (χ2n) is 8.36. The van der Waals surface area contributed by atoms with Crippen LogP contribution in [0.15, 0.2) is 60.1 Å². The molecule has 0 aliphatic carbocycles. The Balaban J connectivity index is 1.60. The Morgan fingerprint density at radius 1 is 1.06 bits per heavy atom. The van der Waals surface area contributed by atoms with Crippen LogP contribution in [0.1, 0.15) is 12.5 Å². The average Bonchev–Trinajstić information content (AvgIpc) is 3.33. The lowest BCUT2D eigenvalue weighted by Gasteiger charge is -2.26. The van der Waals surface area contributed by atoms with Gasteiger partial charge in [0, 0.05) is 18.2 Å². The predicted molar refractivity (Wildman–Crippen MR) is 134 cm³/mol. The second-order valence-corrected chi connectivity index (χ2v) is 10.6. The standard InChI is InChI=1S/C22H18Cl2N8O3S/c1-22(8-12-2-4-13(5-3-12)15-9-27-11-29-19(15)25)20(33)31(14-6-16(23)30-17(24)7-14)21-28-10-18(32(21)22)36(26,34)35/h2-7,9-11H,8H2,1H3,(H2,25,27,29)(H2,26,34,35)/t22-/m1/s1. The Bertz CT molecular complexity index is 1600. The van der Waals surface area contributed by atoms with Crippen LogP contribution in [0.4, 0.5) is 17.5 Å². The number of nitrogens with two attached hydrogens (primary N) is 2. The summed E-state index contributed by atoms with van der Waals surface area (Å²) in [6.45, 7) is 1.62. The van der Waals surface area contributed by atoms with Gasteiger partial charge in [-0.05, 0) is 30.2 Å². The minimum Gasteiger partial charge on any atom is -0.383 e. The molecule has 4 N–H and O–H groups in total. The van der Waals surface area contributed by atoms with Crippen molar-refractivity contribution in [3.8, 4) is 11.1 Å². The molecule has 1 aromatic carbocycles. The summed E-state index contributed by atoms with van der Waals surface area (Å²) in [5.41, 5.74) is 7.04. The summed E-state index contributed by atoms with van der Waals surface area (Å²) >= 11 is 12.1. The maximum Gasteiger partial charge on any atom is 0.260 e. The molecule has 0 fully saturated rings. The number of aromatic nitrogens is 5. The van der Waals surface area contributed by atoms with E-state index in [1.807, 2.05) is 24.3 Å². The summed E-state index contributed by atoms with van der Waals surface area (Å²) in [4.78, 5) is 31.2. The van der Waals surface area contributed by atoms with E-state index in [-0.39, 0.29) is 33.4 Å². The molecule has 0 bridgehead atoms. The Morgan fingerprint density at radius 3 is 2.33 bits per heavy atom. The molecular weight excluding hydrogens is 527 g/mol. The fraction of sp³-hybridized carbons (Fsp3) is 0.136. The number of nitrogens with zero attached hydrogens (tertiary/aromatic N) is 6. The number of fused-ring (bicyclic) bond motifs is 1. The van der Waals surface area contributed by atoms with Gasteiger partial charge in [0.25, 0.3) is 15.9 Å². The highest BCUT2D eigenvalue weighted by Gasteiger charge is 2.51. The lowest BCUT2D eigenvalue weighted by Crippen LogP contribution is -2.42. The number of nitrogen functional groups attached to an aromatic ring is 1. The van der Waals surface area contributed by atoms with E-state index in [9.17, 15) is 13.2 Å². The highest BCUT2D eigenvalue weighted by molar-refractivity contribution is 7.89. The van der Waals surface area contributed by atoms with E-state index < -0.39 is 21.5 Å². The molecule has 1 aliphatic heterocycles. The van der Waals surface area contributed by atoms with Crippen LogP contribution in [-0.2, 0) is 26.8 Å². The van der Waals surface area contributed by atoms with Crippen LogP contribution in [0.2, 0.25) is 10.3 Å². The lowest BCUT2D eigenvalue weighted by atomic mass is 9.91. The SMILES string of the molecule is C[C@@]1(Cc2ccc(-c3cncnc3N)cc2)C(=O)N(c2cc(Cl)nc(Cl)c2)c2ncc(S(N)(=O)=O)n21. The molecule has 14 heteroatoms. The van der Waals surface area contributed by atoms with Crippen molar-refractivity contribution in [2.24, 2.45) is 5.14 Å². The first-order valence-electron chi connectivity index (χ1n) is 10.4. The highest BCUT2D eigenvalue weighted by Crippen LogP contribution is 2.44. The van der Waals surface area contributed by atoms with E-state index in [1.165, 1.54) is 27.9 Å². The Labute approximate surface area is 215 Å². The summed E-state index contributed by atoms with van der Waals surface area (Å²) in [6.07, 6.45) is 4.22. The number of amides is 1. The zero-order valence-electron chi connectivity index (χ0n) is 18.6. The third kappa shape index (κ3) is 3.97. The molecule has 1 aliphatic rings. The van der Waals surface area contributed by atoms with Crippen LogP contribution in [0, 0.1) is 0 Å². The smallest absolute Gasteiger partial charge is 0.260 e. The van der Waals surface area contributed by atoms with E-state index in [2.05, 4.69) is 19.9 Å². The first kappa shape index (κ1) is 24.1. The zero-order valence-corrected chi connectivity index (χ0v) is 21.0. The van der Waals surface area contributed by atoms with Crippen molar-refractivity contribution in [2.45, 2.75) is 23.9 Å². The van der Waals surface area contributed by atoms with Gasteiger partial charge in [0.1, 0.15) is 28.0 Å². The molecule has 4 aromatic rings. The van der Waals surface area contributed by atoms with Crippen molar-refractivity contribution < 1.29 is 13.2 Å². The van der Waals surface area contributed by atoms with Crippen LogP contribution in [0.3, 0.4) is 0 Å². The monoisotopic (exact) mass is 544 g/mol. The highest BCUT2D eigenvalue weighted by atomic mass is 35.5. The minimum absolute atomic E-state index is 0.0587. The van der Waals surface area contributed by atoms with Gasteiger partial charge < -0.3 is 5.73 Å². The van der Waals surface area contributed by atoms with Gasteiger partial charge in [-0.15, -0.1) is 0 Å². The fourth-order valence-electron chi connectivity index (χ4n) is 4.31. The van der Waals surface area contributed by atoms with Crippen molar-refractivity contribution in [1.82, 2.24) is 24.5 Å². The number of halogens is 2. The predicted octanol–water partition coefficient (Wildman–Crippen LogP) is 2.91. The number of pyridine rings is 1. The van der Waals surface area contributed by atoms with E-state index in [1.54, 1.807) is 13.1 Å². The number of rotatable bonds is 5. The first-order valence-corrected chi connectivity index (χ1v) is 12.7. The largest absolute Gasteiger partial charge is 0.383 e. The number of hydrogen-bond donors (Lipinski definition) is 2. The number of sulfonamides is 1. The maximum absolute atomic E-state index is 13.9. The molecule has 4 heterocycles.